The second kappa shape index (κ2) is 4.73. The molecule has 0 aliphatic carbocycles. The molecular weight excluding hydrogens is 242 g/mol. The van der Waals surface area contributed by atoms with Crippen molar-refractivity contribution >= 4 is 9.84 Å². The van der Waals surface area contributed by atoms with Crippen LogP contribution in [0.5, 0.6) is 0 Å². The molecule has 0 amide bonds. The molecule has 1 aromatic carbocycles. The maximum absolute atomic E-state index is 12.2. The third-order valence-corrected chi connectivity index (χ3v) is 5.00. The molecule has 1 atom stereocenters. The predicted molar refractivity (Wildman–Crippen MR) is 62.2 cm³/mol. The van der Waals surface area contributed by atoms with Crippen molar-refractivity contribution in [2.24, 2.45) is 5.73 Å². The van der Waals surface area contributed by atoms with Crippen LogP contribution in [0.1, 0.15) is 11.6 Å². The second-order valence-corrected chi connectivity index (χ2v) is 6.23. The zero-order valence-electron chi connectivity index (χ0n) is 9.24. The van der Waals surface area contributed by atoms with Gasteiger partial charge in [0.15, 0.2) is 9.84 Å². The molecule has 17 heavy (non-hydrogen) atoms. The number of ether oxygens (including phenoxy) is 1. The van der Waals surface area contributed by atoms with E-state index in [1.54, 1.807) is 18.2 Å². The molecule has 0 spiro atoms. The molecule has 1 heterocycles. The number of nitrogens with two attached hydrogens (primary N) is 1. The van der Waals surface area contributed by atoms with Gasteiger partial charge in [0, 0.05) is 0 Å². The molecule has 0 saturated carbocycles. The van der Waals surface area contributed by atoms with Crippen molar-refractivity contribution in [1.29, 1.82) is 0 Å². The standard InChI is InChI=1S/C11H15NO4S/c12-10(5-13)9-3-1-2-4-11(9)17(14,15)8-6-16-7-8/h1-4,8,10,13H,5-7,12H2. The van der Waals surface area contributed by atoms with Crippen molar-refractivity contribution in [3.63, 3.8) is 0 Å². The molecule has 1 saturated heterocycles. The highest BCUT2D eigenvalue weighted by molar-refractivity contribution is 7.92. The Morgan fingerprint density at radius 3 is 2.59 bits per heavy atom. The van der Waals surface area contributed by atoms with E-state index in [4.69, 9.17) is 15.6 Å². The number of rotatable bonds is 4. The quantitative estimate of drug-likeness (QED) is 0.783. The van der Waals surface area contributed by atoms with Gasteiger partial charge < -0.3 is 15.6 Å². The minimum atomic E-state index is -3.40. The van der Waals surface area contributed by atoms with Gasteiger partial charge in [0.1, 0.15) is 5.25 Å². The highest BCUT2D eigenvalue weighted by atomic mass is 32.2. The molecule has 1 aromatic rings. The van der Waals surface area contributed by atoms with Crippen LogP contribution in [0, 0.1) is 0 Å². The lowest BCUT2D eigenvalue weighted by Crippen LogP contribution is -2.41. The summed E-state index contributed by atoms with van der Waals surface area (Å²) in [6.45, 7) is 0.170. The SMILES string of the molecule is NC(CO)c1ccccc1S(=O)(=O)C1COC1. The van der Waals surface area contributed by atoms with Crippen LogP contribution >= 0.6 is 0 Å². The van der Waals surface area contributed by atoms with E-state index in [2.05, 4.69) is 0 Å². The third-order valence-electron chi connectivity index (χ3n) is 2.87. The normalized spacial score (nSPS) is 18.7. The Balaban J connectivity index is 2.44. The number of aliphatic hydroxyl groups is 1. The van der Waals surface area contributed by atoms with E-state index in [1.807, 2.05) is 0 Å². The summed E-state index contributed by atoms with van der Waals surface area (Å²) in [4.78, 5) is 0.204. The van der Waals surface area contributed by atoms with Crippen LogP contribution in [0.3, 0.4) is 0 Å². The molecule has 94 valence electrons. The van der Waals surface area contributed by atoms with Gasteiger partial charge in [-0.05, 0) is 11.6 Å². The van der Waals surface area contributed by atoms with Crippen molar-refractivity contribution < 1.29 is 18.3 Å². The zero-order chi connectivity index (χ0) is 12.5. The zero-order valence-corrected chi connectivity index (χ0v) is 10.1. The summed E-state index contributed by atoms with van der Waals surface area (Å²) in [5, 5.41) is 8.55. The lowest BCUT2D eigenvalue weighted by Gasteiger charge is -2.27. The van der Waals surface area contributed by atoms with Crippen molar-refractivity contribution in [1.82, 2.24) is 0 Å². The van der Waals surface area contributed by atoms with Crippen molar-refractivity contribution in [2.45, 2.75) is 16.2 Å². The number of benzene rings is 1. The molecule has 1 aliphatic rings. The molecule has 5 nitrogen and oxygen atoms in total. The molecule has 1 unspecified atom stereocenters. The van der Waals surface area contributed by atoms with Gasteiger partial charge >= 0.3 is 0 Å². The molecule has 3 N–H and O–H groups in total. The van der Waals surface area contributed by atoms with E-state index in [9.17, 15) is 8.42 Å². The van der Waals surface area contributed by atoms with E-state index in [0.717, 1.165) is 0 Å². The van der Waals surface area contributed by atoms with Crippen LogP contribution in [0.15, 0.2) is 29.2 Å². The van der Waals surface area contributed by atoms with Gasteiger partial charge in [-0.25, -0.2) is 8.42 Å². The van der Waals surface area contributed by atoms with Crippen LogP contribution in [-0.4, -0.2) is 38.6 Å². The Morgan fingerprint density at radius 2 is 2.06 bits per heavy atom. The smallest absolute Gasteiger partial charge is 0.186 e. The van der Waals surface area contributed by atoms with Crippen LogP contribution in [-0.2, 0) is 14.6 Å². The first-order valence-electron chi connectivity index (χ1n) is 5.34. The monoisotopic (exact) mass is 257 g/mol. The average Bonchev–Trinajstić information content (AvgIpc) is 2.25. The Kier molecular flexibility index (Phi) is 3.48. The fourth-order valence-corrected chi connectivity index (χ4v) is 3.44. The van der Waals surface area contributed by atoms with Gasteiger partial charge in [-0.15, -0.1) is 0 Å². The lowest BCUT2D eigenvalue weighted by atomic mass is 10.1. The maximum Gasteiger partial charge on any atom is 0.186 e. The summed E-state index contributed by atoms with van der Waals surface area (Å²) in [6, 6.07) is 5.84. The molecule has 1 fully saturated rings. The molecule has 0 radical (unpaired) electrons. The molecule has 6 heteroatoms. The first-order chi connectivity index (χ1) is 8.07. The van der Waals surface area contributed by atoms with Crippen molar-refractivity contribution in [2.75, 3.05) is 19.8 Å². The number of hydrogen-bond acceptors (Lipinski definition) is 5. The Hall–Kier alpha value is -0.950. The first-order valence-corrected chi connectivity index (χ1v) is 6.89. The second-order valence-electron chi connectivity index (χ2n) is 4.03. The van der Waals surface area contributed by atoms with Gasteiger partial charge in [0.25, 0.3) is 0 Å². The highest BCUT2D eigenvalue weighted by Crippen LogP contribution is 2.27. The van der Waals surface area contributed by atoms with E-state index in [-0.39, 0.29) is 24.7 Å². The van der Waals surface area contributed by atoms with Crippen LogP contribution in [0.2, 0.25) is 0 Å². The Labute approximate surface area is 100 Å². The molecule has 0 bridgehead atoms. The first kappa shape index (κ1) is 12.5. The van der Waals surface area contributed by atoms with Gasteiger partial charge in [0.2, 0.25) is 0 Å². The fourth-order valence-electron chi connectivity index (χ4n) is 1.72. The van der Waals surface area contributed by atoms with Gasteiger partial charge in [-0.3, -0.25) is 0 Å². The third kappa shape index (κ3) is 2.21. The summed E-state index contributed by atoms with van der Waals surface area (Å²) in [6.07, 6.45) is 0. The fraction of sp³-hybridized carbons (Fsp3) is 0.455. The predicted octanol–water partition coefficient (Wildman–Crippen LogP) is -0.149. The summed E-state index contributed by atoms with van der Waals surface area (Å²) < 4.78 is 29.4. The number of sulfone groups is 1. The van der Waals surface area contributed by atoms with Crippen LogP contribution < -0.4 is 5.73 Å². The Bertz CT molecular complexity index is 496. The van der Waals surface area contributed by atoms with Crippen LogP contribution in [0.4, 0.5) is 0 Å². The van der Waals surface area contributed by atoms with Crippen molar-refractivity contribution in [3.05, 3.63) is 29.8 Å². The topological polar surface area (TPSA) is 89.6 Å². The van der Waals surface area contributed by atoms with Gasteiger partial charge in [-0.2, -0.15) is 0 Å². The van der Waals surface area contributed by atoms with Crippen molar-refractivity contribution in [3.8, 4) is 0 Å². The summed E-state index contributed by atoms with van der Waals surface area (Å²) in [5.74, 6) is 0. The molecular formula is C11H15NO4S. The highest BCUT2D eigenvalue weighted by Gasteiger charge is 2.35. The maximum atomic E-state index is 12.2. The lowest BCUT2D eigenvalue weighted by molar-refractivity contribution is 0.0415. The van der Waals surface area contributed by atoms with E-state index < -0.39 is 21.1 Å². The summed E-state index contributed by atoms with van der Waals surface area (Å²) >= 11 is 0. The summed E-state index contributed by atoms with van der Waals surface area (Å²) in [7, 11) is -3.40. The van der Waals surface area contributed by atoms with Crippen LogP contribution in [0.25, 0.3) is 0 Å². The largest absolute Gasteiger partial charge is 0.394 e. The molecule has 2 rings (SSSR count). The molecule has 0 aromatic heterocycles. The number of aliphatic hydroxyl groups excluding tert-OH is 1. The van der Waals surface area contributed by atoms with E-state index >= 15 is 0 Å². The Morgan fingerprint density at radius 1 is 1.41 bits per heavy atom. The molecule has 1 aliphatic heterocycles. The van der Waals surface area contributed by atoms with E-state index in [0.29, 0.717) is 5.56 Å². The van der Waals surface area contributed by atoms with E-state index in [1.165, 1.54) is 6.07 Å². The number of hydrogen-bond donors (Lipinski definition) is 2. The van der Waals surface area contributed by atoms with Gasteiger partial charge in [0.05, 0.1) is 30.8 Å². The summed E-state index contributed by atoms with van der Waals surface area (Å²) in [5.41, 5.74) is 6.17. The minimum absolute atomic E-state index is 0.204. The minimum Gasteiger partial charge on any atom is -0.394 e. The average molecular weight is 257 g/mol. The van der Waals surface area contributed by atoms with Gasteiger partial charge in [-0.1, -0.05) is 18.2 Å².